The average Bonchev–Trinajstić information content (AvgIpc) is 3.47. The molecule has 6 nitrogen and oxygen atoms in total. The van der Waals surface area contributed by atoms with Crippen molar-refractivity contribution in [3.8, 4) is 5.75 Å². The van der Waals surface area contributed by atoms with Crippen molar-refractivity contribution >= 4 is 23.6 Å². The summed E-state index contributed by atoms with van der Waals surface area (Å²) < 4.78 is 9.86. The Bertz CT molecular complexity index is 830. The largest absolute Gasteiger partial charge is 0.495 e. The molecule has 1 amide bonds. The van der Waals surface area contributed by atoms with E-state index in [9.17, 15) is 9.59 Å². The van der Waals surface area contributed by atoms with Gasteiger partial charge in [-0.2, -0.15) is 0 Å². The normalized spacial score (nSPS) is 18.4. The molecule has 2 atom stereocenters. The van der Waals surface area contributed by atoms with Crippen LogP contribution in [0.4, 0.5) is 5.69 Å². The summed E-state index contributed by atoms with van der Waals surface area (Å²) in [5, 5.41) is 2.80. The van der Waals surface area contributed by atoms with Crippen LogP contribution < -0.4 is 10.1 Å². The maximum Gasteiger partial charge on any atom is 0.309 e. The van der Waals surface area contributed by atoms with Gasteiger partial charge >= 0.3 is 5.97 Å². The lowest BCUT2D eigenvalue weighted by atomic mass is 10.1. The van der Waals surface area contributed by atoms with Crippen LogP contribution in [0, 0.1) is 5.92 Å². The van der Waals surface area contributed by atoms with Crippen LogP contribution in [-0.4, -0.2) is 31.1 Å². The van der Waals surface area contributed by atoms with Gasteiger partial charge in [-0.3, -0.25) is 14.6 Å². The van der Waals surface area contributed by atoms with Crippen molar-refractivity contribution in [1.82, 2.24) is 4.98 Å². The first-order valence-corrected chi connectivity index (χ1v) is 8.26. The van der Waals surface area contributed by atoms with Gasteiger partial charge in [-0.1, -0.05) is 12.1 Å². The van der Waals surface area contributed by atoms with Gasteiger partial charge in [0, 0.05) is 18.0 Å². The Balaban J connectivity index is 1.56. The van der Waals surface area contributed by atoms with E-state index in [0.29, 0.717) is 11.4 Å². The van der Waals surface area contributed by atoms with E-state index in [1.807, 2.05) is 24.3 Å². The summed E-state index contributed by atoms with van der Waals surface area (Å²) in [7, 11) is 2.97. The number of nitrogens with one attached hydrogen (secondary N) is 1. The standard InChI is InChI=1S/C20H20N2O4/c1-25-16-9-13(11-21-12-16)3-8-19(23)22-15-6-4-14(5-7-15)17-10-18(17)20(24)26-2/h3-9,11-12,17-18H,10H2,1-2H3,(H,22,23)/b8-3+/t17-,18+/m0/s1. The summed E-state index contributed by atoms with van der Waals surface area (Å²) in [5.74, 6) is 0.407. The smallest absolute Gasteiger partial charge is 0.309 e. The van der Waals surface area contributed by atoms with E-state index in [0.717, 1.165) is 17.5 Å². The van der Waals surface area contributed by atoms with E-state index in [-0.39, 0.29) is 23.7 Å². The number of aromatic nitrogens is 1. The van der Waals surface area contributed by atoms with Crippen molar-refractivity contribution in [1.29, 1.82) is 0 Å². The fourth-order valence-electron chi connectivity index (χ4n) is 2.78. The lowest BCUT2D eigenvalue weighted by molar-refractivity contribution is -0.142. The van der Waals surface area contributed by atoms with Gasteiger partial charge in [0.15, 0.2) is 0 Å². The van der Waals surface area contributed by atoms with Crippen molar-refractivity contribution in [2.24, 2.45) is 5.92 Å². The molecule has 1 aliphatic carbocycles. The van der Waals surface area contributed by atoms with Crippen LogP contribution in [0.1, 0.15) is 23.5 Å². The van der Waals surface area contributed by atoms with Crippen LogP contribution in [0.2, 0.25) is 0 Å². The van der Waals surface area contributed by atoms with E-state index in [2.05, 4.69) is 10.3 Å². The highest BCUT2D eigenvalue weighted by molar-refractivity contribution is 6.01. The predicted molar refractivity (Wildman–Crippen MR) is 97.8 cm³/mol. The number of methoxy groups -OCH3 is 2. The van der Waals surface area contributed by atoms with Gasteiger partial charge in [-0.25, -0.2) is 0 Å². The third-order valence-corrected chi connectivity index (χ3v) is 4.30. The van der Waals surface area contributed by atoms with Crippen LogP contribution in [0.3, 0.4) is 0 Å². The summed E-state index contributed by atoms with van der Waals surface area (Å²) in [6, 6.07) is 9.32. The van der Waals surface area contributed by atoms with E-state index in [1.165, 1.54) is 13.2 Å². The lowest BCUT2D eigenvalue weighted by Gasteiger charge is -2.05. The number of ether oxygens (including phenoxy) is 2. The highest BCUT2D eigenvalue weighted by atomic mass is 16.5. The minimum absolute atomic E-state index is 0.0418. The molecule has 1 aromatic carbocycles. The Kier molecular flexibility index (Phi) is 5.31. The van der Waals surface area contributed by atoms with Crippen molar-refractivity contribution in [3.05, 3.63) is 59.9 Å². The van der Waals surface area contributed by atoms with E-state index < -0.39 is 0 Å². The molecule has 1 aromatic heterocycles. The molecular formula is C20H20N2O4. The second-order valence-corrected chi connectivity index (χ2v) is 6.07. The van der Waals surface area contributed by atoms with Crippen LogP contribution in [0.5, 0.6) is 5.75 Å². The second kappa shape index (κ2) is 7.82. The van der Waals surface area contributed by atoms with E-state index >= 15 is 0 Å². The van der Waals surface area contributed by atoms with Crippen LogP contribution in [0.25, 0.3) is 6.08 Å². The second-order valence-electron chi connectivity index (χ2n) is 6.07. The third kappa shape index (κ3) is 4.27. The highest BCUT2D eigenvalue weighted by Crippen LogP contribution is 2.48. The number of esters is 1. The van der Waals surface area contributed by atoms with Gasteiger partial charge in [0.2, 0.25) is 5.91 Å². The van der Waals surface area contributed by atoms with Crippen molar-refractivity contribution in [2.45, 2.75) is 12.3 Å². The minimum Gasteiger partial charge on any atom is -0.495 e. The fourth-order valence-corrected chi connectivity index (χ4v) is 2.78. The molecule has 6 heteroatoms. The Morgan fingerprint density at radius 1 is 1.19 bits per heavy atom. The molecule has 0 spiro atoms. The third-order valence-electron chi connectivity index (χ3n) is 4.30. The molecule has 26 heavy (non-hydrogen) atoms. The Labute approximate surface area is 151 Å². The van der Waals surface area contributed by atoms with Gasteiger partial charge < -0.3 is 14.8 Å². The number of benzene rings is 1. The average molecular weight is 352 g/mol. The number of hydrogen-bond acceptors (Lipinski definition) is 5. The molecule has 0 radical (unpaired) electrons. The zero-order valence-corrected chi connectivity index (χ0v) is 14.6. The maximum absolute atomic E-state index is 12.0. The number of carbonyl (C=O) groups excluding carboxylic acids is 2. The molecule has 1 aliphatic rings. The number of anilines is 1. The molecule has 0 aliphatic heterocycles. The first-order valence-electron chi connectivity index (χ1n) is 8.26. The number of carbonyl (C=O) groups is 2. The van der Waals surface area contributed by atoms with Gasteiger partial charge in [-0.15, -0.1) is 0 Å². The molecule has 1 N–H and O–H groups in total. The van der Waals surface area contributed by atoms with Crippen LogP contribution in [0.15, 0.2) is 48.8 Å². The first-order chi connectivity index (χ1) is 12.6. The summed E-state index contributed by atoms with van der Waals surface area (Å²) in [6.45, 7) is 0. The van der Waals surface area contributed by atoms with E-state index in [4.69, 9.17) is 9.47 Å². The van der Waals surface area contributed by atoms with Gasteiger partial charge in [0.25, 0.3) is 0 Å². The minimum atomic E-state index is -0.237. The quantitative estimate of drug-likeness (QED) is 0.639. The number of nitrogens with zero attached hydrogens (tertiary/aromatic N) is 1. The topological polar surface area (TPSA) is 77.5 Å². The zero-order chi connectivity index (χ0) is 18.5. The molecule has 2 aromatic rings. The molecule has 0 bridgehead atoms. The lowest BCUT2D eigenvalue weighted by Crippen LogP contribution is -2.07. The van der Waals surface area contributed by atoms with Gasteiger partial charge in [-0.05, 0) is 47.7 Å². The number of amides is 1. The number of pyridine rings is 1. The van der Waals surface area contributed by atoms with E-state index in [1.54, 1.807) is 31.6 Å². The number of rotatable bonds is 6. The predicted octanol–water partition coefficient (Wildman–Crippen LogP) is 3.02. The molecule has 1 heterocycles. The molecule has 1 fully saturated rings. The van der Waals surface area contributed by atoms with Gasteiger partial charge in [0.05, 0.1) is 26.3 Å². The van der Waals surface area contributed by atoms with Crippen molar-refractivity contribution < 1.29 is 19.1 Å². The first kappa shape index (κ1) is 17.7. The highest BCUT2D eigenvalue weighted by Gasteiger charge is 2.44. The van der Waals surface area contributed by atoms with Crippen LogP contribution >= 0.6 is 0 Å². The monoisotopic (exact) mass is 352 g/mol. The molecule has 1 saturated carbocycles. The molecule has 3 rings (SSSR count). The molecule has 0 unspecified atom stereocenters. The molecule has 134 valence electrons. The summed E-state index contributed by atoms with van der Waals surface area (Å²) in [5.41, 5.74) is 2.55. The molecule has 0 saturated heterocycles. The fraction of sp³-hybridized carbons (Fsp3) is 0.250. The molecular weight excluding hydrogens is 332 g/mol. The summed E-state index contributed by atoms with van der Waals surface area (Å²) in [4.78, 5) is 27.6. The Hall–Kier alpha value is -3.15. The van der Waals surface area contributed by atoms with Crippen LogP contribution in [-0.2, 0) is 14.3 Å². The Morgan fingerprint density at radius 3 is 2.65 bits per heavy atom. The summed E-state index contributed by atoms with van der Waals surface area (Å²) >= 11 is 0. The van der Waals surface area contributed by atoms with Crippen molar-refractivity contribution in [2.75, 3.05) is 19.5 Å². The summed E-state index contributed by atoms with van der Waals surface area (Å²) in [6.07, 6.45) is 7.18. The maximum atomic E-state index is 12.0. The van der Waals surface area contributed by atoms with Gasteiger partial charge in [0.1, 0.15) is 5.75 Å². The Morgan fingerprint density at radius 2 is 1.96 bits per heavy atom. The van der Waals surface area contributed by atoms with Crippen molar-refractivity contribution in [3.63, 3.8) is 0 Å². The zero-order valence-electron chi connectivity index (χ0n) is 14.6. The number of hydrogen-bond donors (Lipinski definition) is 1. The SMILES string of the molecule is COC(=O)[C@@H]1C[C@H]1c1ccc(NC(=O)/C=C/c2cncc(OC)c2)cc1.